The summed E-state index contributed by atoms with van der Waals surface area (Å²) in [5.74, 6) is 0. The summed E-state index contributed by atoms with van der Waals surface area (Å²) in [6, 6.07) is 8.16. The zero-order valence-corrected chi connectivity index (χ0v) is 14.5. The molecule has 1 N–H and O–H groups in total. The van der Waals surface area contributed by atoms with Crippen molar-refractivity contribution in [3.8, 4) is 0 Å². The summed E-state index contributed by atoms with van der Waals surface area (Å²) < 4.78 is 0. The number of hydrogen-bond donors (Lipinski definition) is 1. The third kappa shape index (κ3) is 3.34. The molecule has 0 bridgehead atoms. The minimum absolute atomic E-state index is 0.0643. The Morgan fingerprint density at radius 1 is 1.25 bits per heavy atom. The number of para-hydroxylation sites is 1. The second-order valence-corrected chi connectivity index (χ2v) is 6.05. The third-order valence-corrected chi connectivity index (χ3v) is 4.37. The summed E-state index contributed by atoms with van der Waals surface area (Å²) in [5, 5.41) is 11.7. The average Bonchev–Trinajstić information content (AvgIpc) is 2.87. The largest absolute Gasteiger partial charge is 0.373 e. The number of anilines is 1. The quantitative estimate of drug-likeness (QED) is 0.932. The second-order valence-electron chi connectivity index (χ2n) is 6.05. The molecule has 128 valence electrons. The normalized spacial score (nSPS) is 14.3. The Hall–Kier alpha value is -2.57. The van der Waals surface area contributed by atoms with E-state index in [2.05, 4.69) is 39.6 Å². The molecule has 2 heterocycles. The first-order valence-corrected chi connectivity index (χ1v) is 8.31. The molecule has 1 aromatic heterocycles. The van der Waals surface area contributed by atoms with E-state index in [0.29, 0.717) is 19.6 Å². The van der Waals surface area contributed by atoms with Gasteiger partial charge in [-0.15, -0.1) is 0 Å². The number of benzene rings is 1. The minimum Gasteiger partial charge on any atom is -0.373 e. The molecule has 0 saturated heterocycles. The van der Waals surface area contributed by atoms with Crippen LogP contribution in [0.4, 0.5) is 10.5 Å². The lowest BCUT2D eigenvalue weighted by atomic mass is 10.1. The van der Waals surface area contributed by atoms with E-state index in [1.165, 1.54) is 11.3 Å². The molecular weight excluding hydrogens is 304 g/mol. The van der Waals surface area contributed by atoms with Crippen molar-refractivity contribution in [1.82, 2.24) is 25.2 Å². The number of carbonyl (C=O) groups is 1. The number of amides is 2. The van der Waals surface area contributed by atoms with Crippen molar-refractivity contribution in [3.05, 3.63) is 41.2 Å². The van der Waals surface area contributed by atoms with Gasteiger partial charge in [0.1, 0.15) is 5.69 Å². The Bertz CT molecular complexity index is 726. The molecule has 7 nitrogen and oxygen atoms in total. The highest BCUT2D eigenvalue weighted by Gasteiger charge is 2.21. The van der Waals surface area contributed by atoms with Crippen molar-refractivity contribution in [1.29, 1.82) is 0 Å². The number of aromatic nitrogens is 3. The fourth-order valence-electron chi connectivity index (χ4n) is 2.91. The maximum absolute atomic E-state index is 12.6. The Kier molecular flexibility index (Phi) is 4.69. The maximum Gasteiger partial charge on any atom is 0.318 e. The van der Waals surface area contributed by atoms with Crippen molar-refractivity contribution in [2.45, 2.75) is 33.5 Å². The van der Waals surface area contributed by atoms with Crippen molar-refractivity contribution in [3.63, 3.8) is 0 Å². The number of nitrogens with zero attached hydrogens (tertiary/aromatic N) is 5. The summed E-state index contributed by atoms with van der Waals surface area (Å²) in [5.41, 5.74) is 4.03. The molecule has 2 aromatic rings. The van der Waals surface area contributed by atoms with Crippen LogP contribution >= 0.6 is 0 Å². The molecular formula is C17H24N6O. The highest BCUT2D eigenvalue weighted by molar-refractivity contribution is 5.75. The Balaban J connectivity index is 1.66. The topological polar surface area (TPSA) is 66.3 Å². The van der Waals surface area contributed by atoms with Gasteiger partial charge >= 0.3 is 6.03 Å². The van der Waals surface area contributed by atoms with E-state index in [0.717, 1.165) is 24.5 Å². The van der Waals surface area contributed by atoms with Crippen molar-refractivity contribution < 1.29 is 4.79 Å². The summed E-state index contributed by atoms with van der Waals surface area (Å²) in [6.07, 6.45) is 0. The van der Waals surface area contributed by atoms with Crippen LogP contribution in [0.3, 0.4) is 0 Å². The van der Waals surface area contributed by atoms with Crippen LogP contribution in [0.25, 0.3) is 0 Å². The molecule has 2 amide bonds. The molecule has 24 heavy (non-hydrogen) atoms. The summed E-state index contributed by atoms with van der Waals surface area (Å²) in [7, 11) is 2.06. The number of hydrogen-bond acceptors (Lipinski definition) is 4. The summed E-state index contributed by atoms with van der Waals surface area (Å²) in [4.78, 5) is 18.3. The van der Waals surface area contributed by atoms with Crippen LogP contribution in [0.1, 0.15) is 23.9 Å². The molecule has 0 spiro atoms. The number of likely N-dealkylation sites (N-methyl/N-ethyl adjacent to an activating group) is 1. The lowest BCUT2D eigenvalue weighted by Crippen LogP contribution is -2.41. The first kappa shape index (κ1) is 16.3. The lowest BCUT2D eigenvalue weighted by molar-refractivity contribution is 0.197. The van der Waals surface area contributed by atoms with Gasteiger partial charge in [0.25, 0.3) is 0 Å². The van der Waals surface area contributed by atoms with E-state index in [9.17, 15) is 4.79 Å². The molecule has 0 unspecified atom stereocenters. The lowest BCUT2D eigenvalue weighted by Gasteiger charge is -2.21. The Morgan fingerprint density at radius 2 is 2.04 bits per heavy atom. The molecule has 0 saturated carbocycles. The fourth-order valence-corrected chi connectivity index (χ4v) is 2.91. The SMILES string of the molecule is CCn1nc(C)c(CNC(=O)N2CCN(C)c3ccccc3C2)n1. The van der Waals surface area contributed by atoms with E-state index in [-0.39, 0.29) is 6.03 Å². The van der Waals surface area contributed by atoms with E-state index < -0.39 is 0 Å². The first-order valence-electron chi connectivity index (χ1n) is 8.31. The monoisotopic (exact) mass is 328 g/mol. The highest BCUT2D eigenvalue weighted by Crippen LogP contribution is 2.23. The van der Waals surface area contributed by atoms with Crippen LogP contribution in [0, 0.1) is 6.92 Å². The van der Waals surface area contributed by atoms with E-state index in [1.807, 2.05) is 30.9 Å². The molecule has 7 heteroatoms. The van der Waals surface area contributed by atoms with Crippen LogP contribution in [0.15, 0.2) is 24.3 Å². The van der Waals surface area contributed by atoms with Gasteiger partial charge in [0.05, 0.1) is 18.8 Å². The van der Waals surface area contributed by atoms with E-state index in [1.54, 1.807) is 4.80 Å². The van der Waals surface area contributed by atoms with Crippen LogP contribution in [-0.2, 0) is 19.6 Å². The second kappa shape index (κ2) is 6.90. The van der Waals surface area contributed by atoms with Crippen LogP contribution in [0.5, 0.6) is 0 Å². The molecule has 0 fully saturated rings. The van der Waals surface area contributed by atoms with Gasteiger partial charge in [-0.2, -0.15) is 15.0 Å². The van der Waals surface area contributed by atoms with Crippen molar-refractivity contribution >= 4 is 11.7 Å². The van der Waals surface area contributed by atoms with Gasteiger partial charge in [0, 0.05) is 32.4 Å². The van der Waals surface area contributed by atoms with Crippen LogP contribution in [-0.4, -0.2) is 46.1 Å². The number of rotatable bonds is 3. The number of urea groups is 1. The zero-order valence-electron chi connectivity index (χ0n) is 14.5. The molecule has 0 aliphatic carbocycles. The molecule has 0 radical (unpaired) electrons. The Labute approximate surface area is 142 Å². The molecule has 1 aliphatic rings. The number of carbonyl (C=O) groups excluding carboxylic acids is 1. The number of fused-ring (bicyclic) bond motifs is 1. The van der Waals surface area contributed by atoms with Crippen molar-refractivity contribution in [2.75, 3.05) is 25.0 Å². The predicted octanol–water partition coefficient (Wildman–Crippen LogP) is 1.77. The number of nitrogens with one attached hydrogen (secondary N) is 1. The van der Waals surface area contributed by atoms with Crippen LogP contribution in [0.2, 0.25) is 0 Å². The molecule has 3 rings (SSSR count). The summed E-state index contributed by atoms with van der Waals surface area (Å²) >= 11 is 0. The van der Waals surface area contributed by atoms with Gasteiger partial charge in [-0.1, -0.05) is 18.2 Å². The fraction of sp³-hybridized carbons (Fsp3) is 0.471. The maximum atomic E-state index is 12.6. The van der Waals surface area contributed by atoms with Gasteiger partial charge in [0.15, 0.2) is 0 Å². The van der Waals surface area contributed by atoms with E-state index in [4.69, 9.17) is 0 Å². The molecule has 1 aromatic carbocycles. The highest BCUT2D eigenvalue weighted by atomic mass is 16.2. The van der Waals surface area contributed by atoms with Gasteiger partial charge < -0.3 is 15.1 Å². The number of aryl methyl sites for hydroxylation is 2. The molecule has 0 atom stereocenters. The minimum atomic E-state index is -0.0643. The smallest absolute Gasteiger partial charge is 0.318 e. The summed E-state index contributed by atoms with van der Waals surface area (Å²) in [6.45, 7) is 7.16. The average molecular weight is 328 g/mol. The molecule has 1 aliphatic heterocycles. The predicted molar refractivity (Wildman–Crippen MR) is 92.8 cm³/mol. The van der Waals surface area contributed by atoms with Crippen LogP contribution < -0.4 is 10.2 Å². The third-order valence-electron chi connectivity index (χ3n) is 4.37. The first-order chi connectivity index (χ1) is 11.6. The van der Waals surface area contributed by atoms with Crippen molar-refractivity contribution in [2.24, 2.45) is 0 Å². The van der Waals surface area contributed by atoms with E-state index >= 15 is 0 Å². The Morgan fingerprint density at radius 3 is 2.79 bits per heavy atom. The van der Waals surface area contributed by atoms with Gasteiger partial charge in [-0.05, 0) is 25.5 Å². The zero-order chi connectivity index (χ0) is 17.1. The van der Waals surface area contributed by atoms with Gasteiger partial charge in [-0.3, -0.25) is 0 Å². The standard InChI is InChI=1S/C17H24N6O/c1-4-23-19-13(2)15(20-23)11-18-17(24)22-10-9-21(3)16-8-6-5-7-14(16)12-22/h5-8H,4,9-12H2,1-3H3,(H,18,24). The van der Waals surface area contributed by atoms with Gasteiger partial charge in [-0.25, -0.2) is 4.79 Å². The van der Waals surface area contributed by atoms with Gasteiger partial charge in [0.2, 0.25) is 0 Å².